The van der Waals surface area contributed by atoms with Crippen molar-refractivity contribution in [3.63, 3.8) is 0 Å². The molecule has 2 heterocycles. The predicted octanol–water partition coefficient (Wildman–Crippen LogP) is -1.77. The van der Waals surface area contributed by atoms with Gasteiger partial charge in [-0.05, 0) is 24.3 Å². The Morgan fingerprint density at radius 2 is 1.86 bits per heavy atom. The van der Waals surface area contributed by atoms with Gasteiger partial charge in [-0.3, -0.25) is 4.79 Å². The third kappa shape index (κ3) is 3.18. The molecule has 5 atom stereocenters. The third-order valence-corrected chi connectivity index (χ3v) is 4.38. The van der Waals surface area contributed by atoms with Gasteiger partial charge in [0.05, 0.1) is 5.97 Å². The maximum atomic E-state index is 11.5. The van der Waals surface area contributed by atoms with Crippen LogP contribution in [-0.2, 0) is 9.53 Å². The van der Waals surface area contributed by atoms with E-state index < -0.39 is 36.7 Å². The first kappa shape index (κ1) is 18.3. The van der Waals surface area contributed by atoms with Gasteiger partial charge in [-0.25, -0.2) is 4.98 Å². The van der Waals surface area contributed by atoms with Crippen LogP contribution in [0.1, 0.15) is 0 Å². The summed E-state index contributed by atoms with van der Waals surface area (Å²) in [5, 5.41) is 40.5. The molecule has 3 aliphatic rings. The zero-order chi connectivity index (χ0) is 20.0. The molecule has 10 nitrogen and oxygen atoms in total. The second-order valence-electron chi connectivity index (χ2n) is 6.31. The smallest absolute Gasteiger partial charge is 0.229 e. The Balaban J connectivity index is 1.65. The number of aliphatic carboxylic acids is 1. The maximum absolute atomic E-state index is 11.5. The number of hydrogen-bond donors (Lipinski definition) is 3. The van der Waals surface area contributed by atoms with Gasteiger partial charge < -0.3 is 39.1 Å². The summed E-state index contributed by atoms with van der Waals surface area (Å²) in [5.74, 6) is -1.38. The van der Waals surface area contributed by atoms with E-state index >= 15 is 0 Å². The van der Waals surface area contributed by atoms with E-state index in [1.165, 1.54) is 30.3 Å². The molecule has 4 rings (SSSR count). The van der Waals surface area contributed by atoms with Crippen LogP contribution >= 0.6 is 0 Å². The third-order valence-electron chi connectivity index (χ3n) is 4.38. The van der Waals surface area contributed by atoms with Gasteiger partial charge in [0.1, 0.15) is 41.4 Å². The van der Waals surface area contributed by atoms with E-state index in [-0.39, 0.29) is 22.5 Å². The summed E-state index contributed by atoms with van der Waals surface area (Å²) >= 11 is 0. The molecule has 3 N–H and O–H groups in total. The highest BCUT2D eigenvalue weighted by Crippen LogP contribution is 2.29. The molecule has 2 aliphatic heterocycles. The van der Waals surface area contributed by atoms with E-state index in [9.17, 15) is 30.0 Å². The summed E-state index contributed by atoms with van der Waals surface area (Å²) in [5.41, 5.74) is 0.967. The van der Waals surface area contributed by atoms with Crippen LogP contribution in [0.5, 0.6) is 5.75 Å². The lowest BCUT2D eigenvalue weighted by Gasteiger charge is -2.40. The number of carboxylic acid groups (broad SMARTS) is 1. The summed E-state index contributed by atoms with van der Waals surface area (Å²) in [6, 6.07) is 8.61. The summed E-state index contributed by atoms with van der Waals surface area (Å²) < 4.78 is 16.1. The van der Waals surface area contributed by atoms with Gasteiger partial charge in [-0.1, -0.05) is 0 Å². The highest BCUT2D eigenvalue weighted by molar-refractivity contribution is 5.77. The lowest BCUT2D eigenvalue weighted by atomic mass is 9.99. The van der Waals surface area contributed by atoms with E-state index in [0.717, 1.165) is 0 Å². The number of carboxylic acids is 1. The first-order valence-electron chi connectivity index (χ1n) is 8.25. The number of carbonyl (C=O) groups excluding carboxylic acids is 1. The molecule has 0 spiro atoms. The van der Waals surface area contributed by atoms with Crippen molar-refractivity contribution in [1.82, 2.24) is 4.98 Å². The molecular weight excluding hydrogens is 374 g/mol. The molecule has 1 aliphatic carbocycles. The Morgan fingerprint density at radius 3 is 2.61 bits per heavy atom. The number of rotatable bonds is 3. The molecule has 5 unspecified atom stereocenters. The number of carbonyl (C=O) groups is 1. The standard InChI is InChI=1S/C18H15NO9/c20-7-1-3-9-11(5-7)27-12-6-8(2-4-10(12)19-9)26-18-15(23)13(21)14(22)16(28-18)17(24)25/h1-6,13-16,18,21-23H,(H,24,25)/p-1. The van der Waals surface area contributed by atoms with Gasteiger partial charge in [0.15, 0.2) is 16.8 Å². The van der Waals surface area contributed by atoms with Gasteiger partial charge >= 0.3 is 0 Å². The first-order valence-corrected chi connectivity index (χ1v) is 8.25. The number of nitrogens with zero attached hydrogens (tertiary/aromatic N) is 1. The number of aliphatic hydroxyl groups excluding tert-OH is 3. The second kappa shape index (κ2) is 6.84. The van der Waals surface area contributed by atoms with Crippen LogP contribution in [0, 0.1) is 0 Å². The van der Waals surface area contributed by atoms with Gasteiger partial charge in [-0.2, -0.15) is 0 Å². The molecule has 28 heavy (non-hydrogen) atoms. The van der Waals surface area contributed by atoms with E-state index in [2.05, 4.69) is 4.98 Å². The van der Waals surface area contributed by atoms with Crippen LogP contribution in [0.2, 0.25) is 0 Å². The Hall–Kier alpha value is -3.05. The van der Waals surface area contributed by atoms with Crippen molar-refractivity contribution in [3.8, 4) is 17.2 Å². The quantitative estimate of drug-likeness (QED) is 0.438. The van der Waals surface area contributed by atoms with Crippen LogP contribution < -0.4 is 15.3 Å². The molecule has 1 aromatic rings. The van der Waals surface area contributed by atoms with Crippen molar-refractivity contribution in [2.24, 2.45) is 0 Å². The molecule has 1 aromatic carbocycles. The van der Waals surface area contributed by atoms with Gasteiger partial charge in [0.2, 0.25) is 6.29 Å². The zero-order valence-corrected chi connectivity index (χ0v) is 14.1. The summed E-state index contributed by atoms with van der Waals surface area (Å²) in [6.45, 7) is 0. The average molecular weight is 388 g/mol. The van der Waals surface area contributed by atoms with Crippen LogP contribution in [0.15, 0.2) is 45.6 Å². The van der Waals surface area contributed by atoms with Gasteiger partial charge in [0.25, 0.3) is 0 Å². The summed E-state index contributed by atoms with van der Waals surface area (Å²) in [7, 11) is 0. The highest BCUT2D eigenvalue weighted by Gasteiger charge is 2.45. The van der Waals surface area contributed by atoms with Crippen molar-refractivity contribution in [2.45, 2.75) is 30.7 Å². The topological polar surface area (TPSA) is 162 Å². The lowest BCUT2D eigenvalue weighted by molar-refractivity contribution is -0.342. The predicted molar refractivity (Wildman–Crippen MR) is 89.2 cm³/mol. The molecule has 10 heteroatoms. The zero-order valence-electron chi connectivity index (χ0n) is 14.1. The fraction of sp³-hybridized carbons (Fsp3) is 0.278. The molecule has 146 valence electrons. The van der Waals surface area contributed by atoms with Crippen molar-refractivity contribution >= 4 is 17.1 Å². The van der Waals surface area contributed by atoms with Gasteiger partial charge in [0, 0.05) is 12.1 Å². The molecule has 1 saturated heterocycles. The Morgan fingerprint density at radius 1 is 1.07 bits per heavy atom. The fourth-order valence-electron chi connectivity index (χ4n) is 2.93. The maximum Gasteiger partial charge on any atom is 0.229 e. The van der Waals surface area contributed by atoms with E-state index in [1.54, 1.807) is 6.07 Å². The second-order valence-corrected chi connectivity index (χ2v) is 6.31. The monoisotopic (exact) mass is 388 g/mol. The highest BCUT2D eigenvalue weighted by atomic mass is 16.7. The van der Waals surface area contributed by atoms with Crippen LogP contribution in [-0.4, -0.2) is 57.0 Å². The minimum atomic E-state index is -1.88. The molecule has 0 bridgehead atoms. The van der Waals surface area contributed by atoms with Crippen molar-refractivity contribution < 1.29 is 39.1 Å². The number of aromatic nitrogens is 1. The minimum absolute atomic E-state index is 0.111. The number of fused-ring (bicyclic) bond motifs is 2. The Bertz CT molecular complexity index is 1060. The first-order chi connectivity index (χ1) is 13.3. The SMILES string of the molecule is O=C([O-])C1OC(Oc2ccc3nc4ccc(=O)cc-4oc3c2)C(O)C(O)C1O. The Labute approximate surface area is 156 Å². The lowest BCUT2D eigenvalue weighted by Crippen LogP contribution is -2.63. The molecule has 0 saturated carbocycles. The van der Waals surface area contributed by atoms with Crippen molar-refractivity contribution in [2.75, 3.05) is 0 Å². The molecule has 0 amide bonds. The number of hydrogen-bond acceptors (Lipinski definition) is 10. The molecule has 0 aromatic heterocycles. The van der Waals surface area contributed by atoms with Crippen molar-refractivity contribution in [1.29, 1.82) is 0 Å². The minimum Gasteiger partial charge on any atom is -0.547 e. The van der Waals surface area contributed by atoms with Crippen molar-refractivity contribution in [3.05, 3.63) is 46.6 Å². The largest absolute Gasteiger partial charge is 0.547 e. The normalized spacial score (nSPS) is 27.8. The van der Waals surface area contributed by atoms with Crippen LogP contribution in [0.4, 0.5) is 0 Å². The van der Waals surface area contributed by atoms with Gasteiger partial charge in [-0.15, -0.1) is 0 Å². The molecular formula is C18H14NO9-. The number of benzene rings is 2. The van der Waals surface area contributed by atoms with E-state index in [4.69, 9.17) is 13.9 Å². The summed E-state index contributed by atoms with van der Waals surface area (Å²) in [4.78, 5) is 26.9. The number of aliphatic hydroxyl groups is 3. The number of ether oxygens (including phenoxy) is 2. The van der Waals surface area contributed by atoms with E-state index in [0.29, 0.717) is 11.2 Å². The summed E-state index contributed by atoms with van der Waals surface area (Å²) in [6.07, 6.45) is -8.86. The Kier molecular flexibility index (Phi) is 4.47. The average Bonchev–Trinajstić information content (AvgIpc) is 2.66. The van der Waals surface area contributed by atoms with Crippen LogP contribution in [0.3, 0.4) is 0 Å². The molecule has 0 radical (unpaired) electrons. The van der Waals surface area contributed by atoms with E-state index in [1.807, 2.05) is 0 Å². The van der Waals surface area contributed by atoms with Crippen LogP contribution in [0.25, 0.3) is 22.6 Å². The fourth-order valence-corrected chi connectivity index (χ4v) is 2.93. The molecule has 1 fully saturated rings.